The van der Waals surface area contributed by atoms with E-state index in [9.17, 15) is 0 Å². The maximum Gasteiger partial charge on any atom is 0.223 e. The van der Waals surface area contributed by atoms with Gasteiger partial charge in [-0.05, 0) is 31.2 Å². The number of benzene rings is 2. The van der Waals surface area contributed by atoms with Crippen LogP contribution in [0.2, 0.25) is 10.0 Å². The number of aromatic nitrogens is 2. The number of fused-ring (bicyclic) bond motifs is 1. The minimum Gasteiger partial charge on any atom is -0.495 e. The fraction of sp³-hybridized carbons (Fsp3) is 0.364. The summed E-state index contributed by atoms with van der Waals surface area (Å²) in [6.07, 6.45) is 2.72. The lowest BCUT2D eigenvalue weighted by molar-refractivity contribution is 0.0696. The highest BCUT2D eigenvalue weighted by Gasteiger charge is 2.25. The van der Waals surface area contributed by atoms with Crippen molar-refractivity contribution in [2.24, 2.45) is 0 Å². The Bertz CT molecular complexity index is 1070. The van der Waals surface area contributed by atoms with Gasteiger partial charge >= 0.3 is 0 Å². The van der Waals surface area contributed by atoms with E-state index in [1.807, 2.05) is 25.2 Å². The van der Waals surface area contributed by atoms with Crippen molar-refractivity contribution in [1.82, 2.24) is 15.3 Å². The van der Waals surface area contributed by atoms with E-state index in [1.54, 1.807) is 26.5 Å². The molecule has 0 aliphatic carbocycles. The molecular formula is C22H24Cl2N4O3. The molecule has 2 atom stereocenters. The van der Waals surface area contributed by atoms with Gasteiger partial charge in [-0.1, -0.05) is 29.3 Å². The van der Waals surface area contributed by atoms with Crippen LogP contribution in [0.15, 0.2) is 30.5 Å². The maximum absolute atomic E-state index is 6.57. The standard InChI is InChI=1S/C22H24Cl2N4O3/c1-25-15-6-7-31-11-16(15)28-22-26-10-13-8-12(4-5-14(13)27-22)19-20(23)17(29-2)9-18(30-3)21(19)24/h4-5,8-10,15-16,25H,6-7,11H2,1-3H3,(H,26,27,28)/t15-,16+/m0/s1. The molecular weight excluding hydrogens is 439 g/mol. The summed E-state index contributed by atoms with van der Waals surface area (Å²) in [6.45, 7) is 1.37. The number of anilines is 1. The summed E-state index contributed by atoms with van der Waals surface area (Å²) < 4.78 is 16.4. The first-order chi connectivity index (χ1) is 15.0. The first-order valence-electron chi connectivity index (χ1n) is 9.94. The highest BCUT2D eigenvalue weighted by atomic mass is 35.5. The smallest absolute Gasteiger partial charge is 0.223 e. The first kappa shape index (κ1) is 21.9. The Labute approximate surface area is 191 Å². The molecule has 1 saturated heterocycles. The number of halogens is 2. The molecule has 0 unspecified atom stereocenters. The second-order valence-corrected chi connectivity index (χ2v) is 8.02. The number of likely N-dealkylation sites (N-methyl/N-ethyl adjacent to an activating group) is 1. The predicted octanol–water partition coefficient (Wildman–Crippen LogP) is 4.41. The van der Waals surface area contributed by atoms with E-state index in [1.165, 1.54) is 0 Å². The molecule has 0 radical (unpaired) electrons. The number of hydrogen-bond donors (Lipinski definition) is 2. The Morgan fingerprint density at radius 3 is 2.48 bits per heavy atom. The van der Waals surface area contributed by atoms with E-state index < -0.39 is 0 Å². The predicted molar refractivity (Wildman–Crippen MR) is 124 cm³/mol. The fourth-order valence-corrected chi connectivity index (χ4v) is 4.51. The third kappa shape index (κ3) is 4.36. The lowest BCUT2D eigenvalue weighted by Gasteiger charge is -2.31. The average molecular weight is 463 g/mol. The number of rotatable bonds is 6. The summed E-state index contributed by atoms with van der Waals surface area (Å²) in [4.78, 5) is 9.16. The zero-order valence-electron chi connectivity index (χ0n) is 17.5. The quantitative estimate of drug-likeness (QED) is 0.561. The van der Waals surface area contributed by atoms with Gasteiger partial charge in [-0.2, -0.15) is 0 Å². The van der Waals surface area contributed by atoms with Gasteiger partial charge in [0.25, 0.3) is 0 Å². The highest BCUT2D eigenvalue weighted by Crippen LogP contribution is 2.46. The van der Waals surface area contributed by atoms with Crippen LogP contribution >= 0.6 is 23.2 Å². The summed E-state index contributed by atoms with van der Waals surface area (Å²) in [7, 11) is 5.06. The van der Waals surface area contributed by atoms with Crippen molar-refractivity contribution in [2.75, 3.05) is 39.8 Å². The number of ether oxygens (including phenoxy) is 3. The average Bonchev–Trinajstić information content (AvgIpc) is 2.80. The van der Waals surface area contributed by atoms with Crippen molar-refractivity contribution in [3.05, 3.63) is 40.5 Å². The topological polar surface area (TPSA) is 77.5 Å². The summed E-state index contributed by atoms with van der Waals surface area (Å²) in [5.41, 5.74) is 2.26. The van der Waals surface area contributed by atoms with Gasteiger partial charge in [0.15, 0.2) is 0 Å². The lowest BCUT2D eigenvalue weighted by Crippen LogP contribution is -2.49. The van der Waals surface area contributed by atoms with Gasteiger partial charge in [0.2, 0.25) is 5.95 Å². The molecule has 0 amide bonds. The molecule has 1 aliphatic heterocycles. The zero-order chi connectivity index (χ0) is 22.0. The third-order valence-corrected chi connectivity index (χ3v) is 6.23. The third-order valence-electron chi connectivity index (χ3n) is 5.48. The molecule has 1 aliphatic rings. The molecule has 0 saturated carbocycles. The molecule has 7 nitrogen and oxygen atoms in total. The van der Waals surface area contributed by atoms with Crippen LogP contribution < -0.4 is 20.1 Å². The minimum atomic E-state index is 0.109. The van der Waals surface area contributed by atoms with Gasteiger partial charge in [-0.15, -0.1) is 0 Å². The summed E-state index contributed by atoms with van der Waals surface area (Å²) in [6, 6.07) is 7.88. The number of methoxy groups -OCH3 is 2. The summed E-state index contributed by atoms with van der Waals surface area (Å²) >= 11 is 13.1. The van der Waals surface area contributed by atoms with Crippen molar-refractivity contribution in [2.45, 2.75) is 18.5 Å². The molecule has 31 heavy (non-hydrogen) atoms. The molecule has 2 aromatic carbocycles. The van der Waals surface area contributed by atoms with E-state index in [-0.39, 0.29) is 6.04 Å². The van der Waals surface area contributed by atoms with Gasteiger partial charge in [0, 0.05) is 35.9 Å². The molecule has 2 N–H and O–H groups in total. The van der Waals surface area contributed by atoms with Gasteiger partial charge in [-0.3, -0.25) is 0 Å². The van der Waals surface area contributed by atoms with E-state index in [0.717, 1.165) is 29.5 Å². The van der Waals surface area contributed by atoms with Crippen LogP contribution in [0.3, 0.4) is 0 Å². The van der Waals surface area contributed by atoms with E-state index in [2.05, 4.69) is 20.6 Å². The molecule has 2 heterocycles. The van der Waals surface area contributed by atoms with Crippen molar-refractivity contribution in [1.29, 1.82) is 0 Å². The molecule has 1 fully saturated rings. The van der Waals surface area contributed by atoms with E-state index in [4.69, 9.17) is 37.4 Å². The summed E-state index contributed by atoms with van der Waals surface area (Å²) in [5.74, 6) is 1.54. The van der Waals surface area contributed by atoms with Crippen LogP contribution in [0.4, 0.5) is 5.95 Å². The molecule has 1 aromatic heterocycles. The van der Waals surface area contributed by atoms with E-state index in [0.29, 0.717) is 45.7 Å². The Balaban J connectivity index is 1.68. The molecule has 164 valence electrons. The van der Waals surface area contributed by atoms with Crippen LogP contribution in [0.5, 0.6) is 11.5 Å². The largest absolute Gasteiger partial charge is 0.495 e. The Kier molecular flexibility index (Phi) is 6.67. The van der Waals surface area contributed by atoms with Crippen molar-refractivity contribution in [3.8, 4) is 22.6 Å². The summed E-state index contributed by atoms with van der Waals surface area (Å²) in [5, 5.41) is 8.41. The van der Waals surface area contributed by atoms with Crippen LogP contribution in [-0.2, 0) is 4.74 Å². The van der Waals surface area contributed by atoms with Crippen LogP contribution in [0, 0.1) is 0 Å². The maximum atomic E-state index is 6.57. The van der Waals surface area contributed by atoms with E-state index >= 15 is 0 Å². The normalized spacial score (nSPS) is 18.7. The number of nitrogens with one attached hydrogen (secondary N) is 2. The zero-order valence-corrected chi connectivity index (χ0v) is 19.0. The molecule has 9 heteroatoms. The monoisotopic (exact) mass is 462 g/mol. The Morgan fingerprint density at radius 1 is 1.06 bits per heavy atom. The fourth-order valence-electron chi connectivity index (χ4n) is 3.79. The number of hydrogen-bond acceptors (Lipinski definition) is 7. The molecule has 0 bridgehead atoms. The van der Waals surface area contributed by atoms with Crippen LogP contribution in [0.1, 0.15) is 6.42 Å². The highest BCUT2D eigenvalue weighted by molar-refractivity contribution is 6.41. The van der Waals surface area contributed by atoms with Gasteiger partial charge < -0.3 is 24.8 Å². The van der Waals surface area contributed by atoms with Crippen LogP contribution in [-0.4, -0.2) is 56.5 Å². The van der Waals surface area contributed by atoms with Crippen LogP contribution in [0.25, 0.3) is 22.0 Å². The second-order valence-electron chi connectivity index (χ2n) is 7.26. The van der Waals surface area contributed by atoms with Gasteiger partial charge in [0.1, 0.15) is 11.5 Å². The molecule has 4 rings (SSSR count). The van der Waals surface area contributed by atoms with Crippen molar-refractivity contribution >= 4 is 40.1 Å². The minimum absolute atomic E-state index is 0.109. The first-order valence-corrected chi connectivity index (χ1v) is 10.7. The second kappa shape index (κ2) is 9.44. The van der Waals surface area contributed by atoms with Crippen molar-refractivity contribution in [3.63, 3.8) is 0 Å². The Hall–Kier alpha value is -2.32. The number of nitrogens with zero attached hydrogens (tertiary/aromatic N) is 2. The SMILES string of the molecule is CN[C@H]1CCOC[C@H]1Nc1ncc2cc(-c3c(Cl)c(OC)cc(OC)c3Cl)ccc2n1. The van der Waals surface area contributed by atoms with Crippen molar-refractivity contribution < 1.29 is 14.2 Å². The molecule has 3 aromatic rings. The Morgan fingerprint density at radius 2 is 1.81 bits per heavy atom. The van der Waals surface area contributed by atoms with Gasteiger partial charge in [-0.25, -0.2) is 9.97 Å². The molecule has 0 spiro atoms. The van der Waals surface area contributed by atoms with Gasteiger partial charge in [0.05, 0.1) is 42.4 Å². The lowest BCUT2D eigenvalue weighted by atomic mass is 10.0.